The molecule has 1 fully saturated rings. The van der Waals surface area contributed by atoms with Crippen LogP contribution in [0.25, 0.3) is 16.5 Å². The Morgan fingerprint density at radius 1 is 1.16 bits per heavy atom. The number of hydrogen-bond acceptors (Lipinski definition) is 7. The van der Waals surface area contributed by atoms with E-state index in [1.807, 2.05) is 0 Å². The highest BCUT2D eigenvalue weighted by atomic mass is 35.5. The summed E-state index contributed by atoms with van der Waals surface area (Å²) in [5.41, 5.74) is -0.0919. The number of nitrogens with one attached hydrogen (secondary N) is 1. The zero-order chi connectivity index (χ0) is 26.5. The summed E-state index contributed by atoms with van der Waals surface area (Å²) in [5, 5.41) is 7.86. The molecule has 2 amide bonds. The minimum Gasteiger partial charge on any atom is -0.495 e. The molecule has 3 aromatic rings. The van der Waals surface area contributed by atoms with Gasteiger partial charge < -0.3 is 19.7 Å². The molecule has 0 saturated carbocycles. The Labute approximate surface area is 218 Å². The second-order valence-corrected chi connectivity index (χ2v) is 8.95. The van der Waals surface area contributed by atoms with E-state index in [2.05, 4.69) is 10.4 Å². The summed E-state index contributed by atoms with van der Waals surface area (Å²) in [6.45, 7) is 2.49. The van der Waals surface area contributed by atoms with Gasteiger partial charge in [-0.1, -0.05) is 29.8 Å². The van der Waals surface area contributed by atoms with Crippen LogP contribution in [0.3, 0.4) is 0 Å². The Kier molecular flexibility index (Phi) is 8.08. The van der Waals surface area contributed by atoms with Gasteiger partial charge in [0.2, 0.25) is 5.91 Å². The lowest BCUT2D eigenvalue weighted by Crippen LogP contribution is -2.47. The lowest BCUT2D eigenvalue weighted by Gasteiger charge is -2.31. The summed E-state index contributed by atoms with van der Waals surface area (Å²) in [5.74, 6) is -1.20. The SMILES string of the molecule is CCOC(=O)[C@@H]1CCCN(C(=O)CNC(=O)c2nn(-c3ccc(OC)c(Cl)c3)c(=O)c3ccccc23)C1. The summed E-state index contributed by atoms with van der Waals surface area (Å²) in [7, 11) is 1.48. The molecule has 0 bridgehead atoms. The summed E-state index contributed by atoms with van der Waals surface area (Å²) in [4.78, 5) is 52.8. The van der Waals surface area contributed by atoms with Crippen molar-refractivity contribution in [3.63, 3.8) is 0 Å². The summed E-state index contributed by atoms with van der Waals surface area (Å²) in [6, 6.07) is 11.3. The van der Waals surface area contributed by atoms with Crippen molar-refractivity contribution in [2.45, 2.75) is 19.8 Å². The van der Waals surface area contributed by atoms with Crippen molar-refractivity contribution >= 4 is 40.2 Å². The van der Waals surface area contributed by atoms with Gasteiger partial charge in [0.05, 0.1) is 42.3 Å². The molecule has 1 aliphatic rings. The van der Waals surface area contributed by atoms with Crippen molar-refractivity contribution in [3.05, 3.63) is 63.5 Å². The minimum absolute atomic E-state index is 0.0158. The van der Waals surface area contributed by atoms with Gasteiger partial charge in [-0.3, -0.25) is 19.2 Å². The predicted molar refractivity (Wildman–Crippen MR) is 137 cm³/mol. The first-order valence-corrected chi connectivity index (χ1v) is 12.3. The molecule has 10 nitrogen and oxygen atoms in total. The monoisotopic (exact) mass is 526 g/mol. The van der Waals surface area contributed by atoms with Gasteiger partial charge in [0.15, 0.2) is 5.69 Å². The fourth-order valence-electron chi connectivity index (χ4n) is 4.33. The fraction of sp³-hybridized carbons (Fsp3) is 0.346. The highest BCUT2D eigenvalue weighted by molar-refractivity contribution is 6.32. The normalized spacial score (nSPS) is 15.3. The Balaban J connectivity index is 1.57. The highest BCUT2D eigenvalue weighted by Gasteiger charge is 2.29. The zero-order valence-electron chi connectivity index (χ0n) is 20.5. The number of fused-ring (bicyclic) bond motifs is 1. The number of piperidine rings is 1. The topological polar surface area (TPSA) is 120 Å². The van der Waals surface area contributed by atoms with Crippen LogP contribution >= 0.6 is 11.6 Å². The Morgan fingerprint density at radius 2 is 1.92 bits per heavy atom. The maximum Gasteiger partial charge on any atom is 0.310 e. The Hall–Kier alpha value is -3.92. The third-order valence-corrected chi connectivity index (χ3v) is 6.49. The summed E-state index contributed by atoms with van der Waals surface area (Å²) < 4.78 is 11.4. The molecule has 2 heterocycles. The molecule has 0 spiro atoms. The van der Waals surface area contributed by atoms with Crippen molar-refractivity contribution in [1.82, 2.24) is 20.0 Å². The van der Waals surface area contributed by atoms with Crippen LogP contribution in [-0.4, -0.2) is 65.8 Å². The van der Waals surface area contributed by atoms with Crippen LogP contribution in [0.2, 0.25) is 5.02 Å². The van der Waals surface area contributed by atoms with Gasteiger partial charge in [0.25, 0.3) is 11.5 Å². The number of aromatic nitrogens is 2. The van der Waals surface area contributed by atoms with E-state index < -0.39 is 11.5 Å². The van der Waals surface area contributed by atoms with Gasteiger partial charge in [-0.2, -0.15) is 9.78 Å². The smallest absolute Gasteiger partial charge is 0.310 e. The molecule has 1 atom stereocenters. The molecular weight excluding hydrogens is 500 g/mol. The third-order valence-electron chi connectivity index (χ3n) is 6.19. The number of carbonyl (C=O) groups is 3. The molecule has 1 N–H and O–H groups in total. The number of amides is 2. The molecule has 0 aliphatic carbocycles. The van der Waals surface area contributed by atoms with Crippen molar-refractivity contribution in [2.75, 3.05) is 33.4 Å². The van der Waals surface area contributed by atoms with Crippen LogP contribution in [-0.2, 0) is 14.3 Å². The first-order valence-electron chi connectivity index (χ1n) is 11.9. The standard InChI is InChI=1S/C26H27ClN4O6/c1-3-37-26(35)16-7-6-12-30(15-16)22(32)14-28-24(33)23-18-8-4-5-9-19(18)25(34)31(29-23)17-10-11-21(36-2)20(27)13-17/h4-5,8-11,13,16H,3,6-7,12,14-15H2,1-2H3,(H,28,33)/t16-/m1/s1. The van der Waals surface area contributed by atoms with Crippen molar-refractivity contribution in [3.8, 4) is 11.4 Å². The van der Waals surface area contributed by atoms with Gasteiger partial charge in [-0.25, -0.2) is 0 Å². The average Bonchev–Trinajstić information content (AvgIpc) is 2.92. The highest BCUT2D eigenvalue weighted by Crippen LogP contribution is 2.26. The van der Waals surface area contributed by atoms with E-state index in [1.165, 1.54) is 13.2 Å². The molecule has 4 rings (SSSR count). The number of halogens is 1. The maximum atomic E-state index is 13.2. The fourth-order valence-corrected chi connectivity index (χ4v) is 4.58. The van der Waals surface area contributed by atoms with E-state index in [0.29, 0.717) is 36.2 Å². The van der Waals surface area contributed by atoms with Crippen molar-refractivity contribution in [1.29, 1.82) is 0 Å². The quantitative estimate of drug-likeness (QED) is 0.470. The lowest BCUT2D eigenvalue weighted by atomic mass is 9.98. The van der Waals surface area contributed by atoms with E-state index in [4.69, 9.17) is 21.1 Å². The average molecular weight is 527 g/mol. The molecule has 11 heteroatoms. The number of hydrogen-bond donors (Lipinski definition) is 1. The number of ether oxygens (including phenoxy) is 2. The molecule has 1 aromatic heterocycles. The molecule has 1 saturated heterocycles. The predicted octanol–water partition coefficient (Wildman–Crippen LogP) is 2.58. The van der Waals surface area contributed by atoms with Gasteiger partial charge in [-0.15, -0.1) is 0 Å². The van der Waals surface area contributed by atoms with Crippen LogP contribution in [0.5, 0.6) is 5.75 Å². The summed E-state index contributed by atoms with van der Waals surface area (Å²) >= 11 is 6.24. The van der Waals surface area contributed by atoms with E-state index in [1.54, 1.807) is 48.2 Å². The number of nitrogens with zero attached hydrogens (tertiary/aromatic N) is 3. The number of benzene rings is 2. The number of methoxy groups -OCH3 is 1. The summed E-state index contributed by atoms with van der Waals surface area (Å²) in [6.07, 6.45) is 1.33. The molecule has 194 valence electrons. The van der Waals surface area contributed by atoms with E-state index >= 15 is 0 Å². The van der Waals surface area contributed by atoms with Gasteiger partial charge in [-0.05, 0) is 44.0 Å². The van der Waals surface area contributed by atoms with Gasteiger partial charge in [0, 0.05) is 18.5 Å². The number of esters is 1. The van der Waals surface area contributed by atoms with Crippen LogP contribution in [0.15, 0.2) is 47.3 Å². The Bertz CT molecular complexity index is 1410. The number of likely N-dealkylation sites (tertiary alicyclic amines) is 1. The Morgan fingerprint density at radius 3 is 2.62 bits per heavy atom. The molecule has 0 unspecified atom stereocenters. The maximum absolute atomic E-state index is 13.2. The zero-order valence-corrected chi connectivity index (χ0v) is 21.3. The molecule has 0 radical (unpaired) electrons. The largest absolute Gasteiger partial charge is 0.495 e. The van der Waals surface area contributed by atoms with E-state index in [0.717, 1.165) is 4.68 Å². The molecular formula is C26H27ClN4O6. The van der Waals surface area contributed by atoms with Crippen molar-refractivity contribution in [2.24, 2.45) is 5.92 Å². The first-order chi connectivity index (χ1) is 17.8. The molecule has 2 aromatic carbocycles. The van der Waals surface area contributed by atoms with Crippen LogP contribution < -0.4 is 15.6 Å². The number of carbonyl (C=O) groups excluding carboxylic acids is 3. The van der Waals surface area contributed by atoms with Crippen LogP contribution in [0.4, 0.5) is 0 Å². The van der Waals surface area contributed by atoms with E-state index in [-0.39, 0.29) is 53.6 Å². The number of rotatable bonds is 7. The third kappa shape index (κ3) is 5.59. The second kappa shape index (κ2) is 11.4. The molecule has 1 aliphatic heterocycles. The van der Waals surface area contributed by atoms with E-state index in [9.17, 15) is 19.2 Å². The van der Waals surface area contributed by atoms with Crippen molar-refractivity contribution < 1.29 is 23.9 Å². The molecule has 37 heavy (non-hydrogen) atoms. The lowest BCUT2D eigenvalue weighted by molar-refractivity contribution is -0.151. The van der Waals surface area contributed by atoms with Gasteiger partial charge in [0.1, 0.15) is 5.75 Å². The second-order valence-electron chi connectivity index (χ2n) is 8.54. The van der Waals surface area contributed by atoms with Crippen LogP contribution in [0, 0.1) is 5.92 Å². The minimum atomic E-state index is -0.614. The van der Waals surface area contributed by atoms with Crippen LogP contribution in [0.1, 0.15) is 30.3 Å². The first kappa shape index (κ1) is 26.2. The van der Waals surface area contributed by atoms with Gasteiger partial charge >= 0.3 is 5.97 Å².